The highest BCUT2D eigenvalue weighted by molar-refractivity contribution is 7.16. The molecule has 1 saturated carbocycles. The molecule has 1 fully saturated rings. The first kappa shape index (κ1) is 13.9. The summed E-state index contributed by atoms with van der Waals surface area (Å²) in [5, 5.41) is 0. The number of benzene rings is 1. The molecule has 0 bridgehead atoms. The quantitative estimate of drug-likeness (QED) is 0.578. The fourth-order valence-corrected chi connectivity index (χ4v) is 4.11. The largest absolute Gasteiger partial charge is 0.340 e. The number of aryl methyl sites for hydroxylation is 1. The first-order valence-corrected chi connectivity index (χ1v) is 8.99. The van der Waals surface area contributed by atoms with Gasteiger partial charge in [0.2, 0.25) is 0 Å². The van der Waals surface area contributed by atoms with Crippen molar-refractivity contribution in [2.75, 3.05) is 0 Å². The van der Waals surface area contributed by atoms with Gasteiger partial charge in [0.1, 0.15) is 5.82 Å². The average Bonchev–Trinajstić information content (AvgIpc) is 3.05. The van der Waals surface area contributed by atoms with Crippen molar-refractivity contribution in [3.8, 4) is 11.1 Å². The van der Waals surface area contributed by atoms with Gasteiger partial charge in [0.15, 0.2) is 5.65 Å². The van der Waals surface area contributed by atoms with Crippen molar-refractivity contribution in [2.24, 2.45) is 0 Å². The Morgan fingerprint density at radius 1 is 1.12 bits per heavy atom. The third kappa shape index (κ3) is 2.10. The highest BCUT2D eigenvalue weighted by Gasteiger charge is 2.23. The first-order valence-electron chi connectivity index (χ1n) is 8.18. The van der Waals surface area contributed by atoms with E-state index in [4.69, 9.17) is 4.98 Å². The Morgan fingerprint density at radius 3 is 2.79 bits per heavy atom. The van der Waals surface area contributed by atoms with Crippen molar-refractivity contribution in [2.45, 2.75) is 32.1 Å². The highest BCUT2D eigenvalue weighted by Crippen LogP contribution is 2.36. The Bertz CT molecular complexity index is 1130. The monoisotopic (exact) mass is 336 g/mol. The molecule has 0 unspecified atom stereocenters. The number of aromatic nitrogens is 4. The van der Waals surface area contributed by atoms with E-state index < -0.39 is 0 Å². The van der Waals surface area contributed by atoms with Gasteiger partial charge in [-0.05, 0) is 43.5 Å². The molecule has 0 spiro atoms. The summed E-state index contributed by atoms with van der Waals surface area (Å²) in [6, 6.07) is 8.17. The van der Waals surface area contributed by atoms with Gasteiger partial charge in [-0.15, -0.1) is 0 Å². The molecular formula is C18H16N4OS. The van der Waals surface area contributed by atoms with Gasteiger partial charge >= 0.3 is 4.87 Å². The Morgan fingerprint density at radius 2 is 2.00 bits per heavy atom. The van der Waals surface area contributed by atoms with Gasteiger partial charge in [-0.2, -0.15) is 0 Å². The van der Waals surface area contributed by atoms with Gasteiger partial charge in [0.05, 0.1) is 15.7 Å². The predicted octanol–water partition coefficient (Wildman–Crippen LogP) is 4.10. The van der Waals surface area contributed by atoms with E-state index in [1.54, 1.807) is 0 Å². The number of pyridine rings is 1. The minimum absolute atomic E-state index is 0.0221. The van der Waals surface area contributed by atoms with Crippen LogP contribution in [-0.4, -0.2) is 19.9 Å². The van der Waals surface area contributed by atoms with Gasteiger partial charge in [-0.3, -0.25) is 4.79 Å². The fraction of sp³-hybridized carbons (Fsp3) is 0.278. The maximum Gasteiger partial charge on any atom is 0.305 e. The minimum atomic E-state index is -0.0221. The van der Waals surface area contributed by atoms with Crippen LogP contribution in [-0.2, 0) is 0 Å². The van der Waals surface area contributed by atoms with Crippen LogP contribution in [0.1, 0.15) is 36.7 Å². The van der Waals surface area contributed by atoms with Gasteiger partial charge in [0, 0.05) is 17.2 Å². The van der Waals surface area contributed by atoms with Crippen molar-refractivity contribution in [3.05, 3.63) is 45.5 Å². The number of aromatic amines is 2. The standard InChI is InChI=1S/C18H16N4OS/c1-9-12(11-5-6-13-15(7-11)24-18(23)21-13)8-14-17(19-9)22-16(20-14)10-3-2-4-10/h5-8,10H,2-4H2,1H3,(H,21,23)(H,19,20,22). The molecule has 0 aliphatic heterocycles. The zero-order valence-electron chi connectivity index (χ0n) is 13.2. The number of hydrogen-bond donors (Lipinski definition) is 2. The van der Waals surface area contributed by atoms with Crippen molar-refractivity contribution >= 4 is 32.7 Å². The summed E-state index contributed by atoms with van der Waals surface area (Å²) in [4.78, 5) is 27.1. The molecule has 0 saturated heterocycles. The molecule has 0 amide bonds. The number of thiazole rings is 1. The zero-order valence-corrected chi connectivity index (χ0v) is 14.0. The van der Waals surface area contributed by atoms with Crippen LogP contribution in [0, 0.1) is 6.92 Å². The highest BCUT2D eigenvalue weighted by atomic mass is 32.1. The molecule has 24 heavy (non-hydrogen) atoms. The molecule has 1 aliphatic rings. The summed E-state index contributed by atoms with van der Waals surface area (Å²) in [6.45, 7) is 2.01. The number of fused-ring (bicyclic) bond motifs is 2. The molecule has 120 valence electrons. The van der Waals surface area contributed by atoms with Crippen LogP contribution in [0.3, 0.4) is 0 Å². The third-order valence-corrected chi connectivity index (χ3v) is 5.75. The normalized spacial score (nSPS) is 15.2. The van der Waals surface area contributed by atoms with Gasteiger partial charge in [-0.1, -0.05) is 23.8 Å². The van der Waals surface area contributed by atoms with Crippen LogP contribution in [0.2, 0.25) is 0 Å². The second-order valence-electron chi connectivity index (χ2n) is 6.47. The molecule has 0 radical (unpaired) electrons. The molecular weight excluding hydrogens is 320 g/mol. The molecule has 5 rings (SSSR count). The lowest BCUT2D eigenvalue weighted by Gasteiger charge is -2.22. The minimum Gasteiger partial charge on any atom is -0.340 e. The maximum absolute atomic E-state index is 11.5. The summed E-state index contributed by atoms with van der Waals surface area (Å²) >= 11 is 1.24. The SMILES string of the molecule is Cc1nc2nc(C3CCC3)[nH]c2cc1-c1ccc2[nH]c(=O)sc2c1. The number of nitrogens with zero attached hydrogens (tertiary/aromatic N) is 2. The predicted molar refractivity (Wildman–Crippen MR) is 96.7 cm³/mol. The Hall–Kier alpha value is -2.47. The van der Waals surface area contributed by atoms with E-state index in [-0.39, 0.29) is 4.87 Å². The molecule has 2 N–H and O–H groups in total. The smallest absolute Gasteiger partial charge is 0.305 e. The van der Waals surface area contributed by atoms with E-state index in [9.17, 15) is 4.79 Å². The van der Waals surface area contributed by atoms with Crippen molar-refractivity contribution in [1.82, 2.24) is 19.9 Å². The number of H-pyrrole nitrogens is 2. The lowest BCUT2D eigenvalue weighted by atomic mass is 9.85. The molecule has 1 aromatic carbocycles. The number of rotatable bonds is 2. The van der Waals surface area contributed by atoms with Crippen LogP contribution >= 0.6 is 11.3 Å². The van der Waals surface area contributed by atoms with E-state index in [2.05, 4.69) is 27.1 Å². The topological polar surface area (TPSA) is 74.4 Å². The summed E-state index contributed by atoms with van der Waals surface area (Å²) in [5.74, 6) is 1.64. The number of nitrogens with one attached hydrogen (secondary N) is 2. The Labute approximate surface area is 141 Å². The molecule has 3 heterocycles. The maximum atomic E-state index is 11.5. The third-order valence-electron chi connectivity index (χ3n) is 4.91. The van der Waals surface area contributed by atoms with Crippen LogP contribution < -0.4 is 4.87 Å². The van der Waals surface area contributed by atoms with Crippen molar-refractivity contribution in [1.29, 1.82) is 0 Å². The average molecular weight is 336 g/mol. The summed E-state index contributed by atoms with van der Waals surface area (Å²) in [7, 11) is 0. The van der Waals surface area contributed by atoms with Crippen molar-refractivity contribution < 1.29 is 0 Å². The second-order valence-corrected chi connectivity index (χ2v) is 7.48. The molecule has 6 heteroatoms. The Kier molecular flexibility index (Phi) is 2.91. The van der Waals surface area contributed by atoms with E-state index in [1.165, 1.54) is 30.6 Å². The molecule has 3 aromatic heterocycles. The molecule has 5 nitrogen and oxygen atoms in total. The molecule has 0 atom stereocenters. The second kappa shape index (κ2) is 5.01. The van der Waals surface area contributed by atoms with Crippen LogP contribution in [0.15, 0.2) is 29.1 Å². The summed E-state index contributed by atoms with van der Waals surface area (Å²) in [5.41, 5.74) is 5.77. The Balaban J connectivity index is 1.66. The summed E-state index contributed by atoms with van der Waals surface area (Å²) < 4.78 is 0.969. The summed E-state index contributed by atoms with van der Waals surface area (Å²) in [6.07, 6.45) is 3.72. The van der Waals surface area contributed by atoms with E-state index in [0.29, 0.717) is 5.92 Å². The van der Waals surface area contributed by atoms with Crippen LogP contribution in [0.5, 0.6) is 0 Å². The van der Waals surface area contributed by atoms with Crippen LogP contribution in [0.25, 0.3) is 32.5 Å². The molecule has 4 aromatic rings. The zero-order chi connectivity index (χ0) is 16.3. The van der Waals surface area contributed by atoms with E-state index in [1.807, 2.05) is 19.1 Å². The van der Waals surface area contributed by atoms with Crippen LogP contribution in [0.4, 0.5) is 0 Å². The van der Waals surface area contributed by atoms with E-state index >= 15 is 0 Å². The first-order chi connectivity index (χ1) is 11.7. The lowest BCUT2D eigenvalue weighted by molar-refractivity contribution is 0.404. The molecule has 1 aliphatic carbocycles. The lowest BCUT2D eigenvalue weighted by Crippen LogP contribution is -2.10. The van der Waals surface area contributed by atoms with E-state index in [0.717, 1.165) is 44.0 Å². The van der Waals surface area contributed by atoms with Gasteiger partial charge in [0.25, 0.3) is 0 Å². The van der Waals surface area contributed by atoms with Gasteiger partial charge in [-0.25, -0.2) is 9.97 Å². The van der Waals surface area contributed by atoms with Crippen molar-refractivity contribution in [3.63, 3.8) is 0 Å². The van der Waals surface area contributed by atoms with Gasteiger partial charge < -0.3 is 9.97 Å². The number of hydrogen-bond acceptors (Lipinski definition) is 4. The fourth-order valence-electron chi connectivity index (χ4n) is 3.33. The number of imidazole rings is 1.